The van der Waals surface area contributed by atoms with Crippen molar-refractivity contribution in [3.8, 4) is 5.75 Å². The summed E-state index contributed by atoms with van der Waals surface area (Å²) in [5.41, 5.74) is 3.14. The number of amides is 1. The van der Waals surface area contributed by atoms with Gasteiger partial charge in [0.05, 0.1) is 19.3 Å². The molecule has 0 aromatic heterocycles. The molecule has 1 aromatic carbocycles. The third kappa shape index (κ3) is 3.47. The van der Waals surface area contributed by atoms with Gasteiger partial charge in [-0.1, -0.05) is 13.8 Å². The van der Waals surface area contributed by atoms with Gasteiger partial charge in [0.15, 0.2) is 0 Å². The van der Waals surface area contributed by atoms with Crippen molar-refractivity contribution in [3.63, 3.8) is 0 Å². The second-order valence-electron chi connectivity index (χ2n) is 6.44. The van der Waals surface area contributed by atoms with Gasteiger partial charge in [-0.3, -0.25) is 4.79 Å². The van der Waals surface area contributed by atoms with Crippen LogP contribution in [0.3, 0.4) is 0 Å². The normalized spacial score (nSPS) is 16.1. The Hall–Kier alpha value is -1.75. The lowest BCUT2D eigenvalue weighted by atomic mass is 9.78. The molecule has 2 rings (SSSR count). The molecule has 0 bridgehead atoms. The van der Waals surface area contributed by atoms with E-state index in [1.807, 2.05) is 31.1 Å². The highest BCUT2D eigenvalue weighted by atomic mass is 16.5. The Morgan fingerprint density at radius 3 is 2.76 bits per heavy atom. The molecule has 21 heavy (non-hydrogen) atoms. The molecule has 0 saturated carbocycles. The van der Waals surface area contributed by atoms with E-state index >= 15 is 0 Å². The average molecular weight is 291 g/mol. The van der Waals surface area contributed by atoms with Crippen LogP contribution in [0.5, 0.6) is 5.75 Å². The van der Waals surface area contributed by atoms with E-state index in [1.165, 1.54) is 5.56 Å². The summed E-state index contributed by atoms with van der Waals surface area (Å²) in [4.78, 5) is 13.8. The van der Waals surface area contributed by atoms with Crippen LogP contribution in [0.2, 0.25) is 0 Å². The number of rotatable bonds is 4. The number of fused-ring (bicyclic) bond motifs is 1. The van der Waals surface area contributed by atoms with Gasteiger partial charge < -0.3 is 20.3 Å². The van der Waals surface area contributed by atoms with Gasteiger partial charge in [-0.2, -0.15) is 0 Å². The lowest BCUT2D eigenvalue weighted by Crippen LogP contribution is -2.29. The molecule has 5 nitrogen and oxygen atoms in total. The highest BCUT2D eigenvalue weighted by molar-refractivity contribution is 5.94. The number of anilines is 2. The Bertz CT molecular complexity index is 539. The van der Waals surface area contributed by atoms with Crippen molar-refractivity contribution < 1.29 is 9.53 Å². The first-order valence-electron chi connectivity index (χ1n) is 7.24. The summed E-state index contributed by atoms with van der Waals surface area (Å²) in [5, 5.41) is 6.33. The summed E-state index contributed by atoms with van der Waals surface area (Å²) >= 11 is 0. The lowest BCUT2D eigenvalue weighted by molar-refractivity contribution is -0.116. The van der Waals surface area contributed by atoms with Gasteiger partial charge >= 0.3 is 0 Å². The Morgan fingerprint density at radius 2 is 2.14 bits per heavy atom. The first kappa shape index (κ1) is 15.6. The van der Waals surface area contributed by atoms with Crippen molar-refractivity contribution in [3.05, 3.63) is 17.7 Å². The second kappa shape index (κ2) is 5.93. The molecular weight excluding hydrogens is 266 g/mol. The van der Waals surface area contributed by atoms with Crippen LogP contribution in [-0.2, 0) is 10.2 Å². The number of methoxy groups -OCH3 is 1. The minimum absolute atomic E-state index is 0.0479. The average Bonchev–Trinajstić information content (AvgIpc) is 2.36. The maximum Gasteiger partial charge on any atom is 0.238 e. The third-order valence-electron chi connectivity index (χ3n) is 3.87. The minimum atomic E-state index is -0.0479. The first-order chi connectivity index (χ1) is 9.83. The molecule has 0 radical (unpaired) electrons. The van der Waals surface area contributed by atoms with E-state index in [1.54, 1.807) is 7.11 Å². The molecule has 1 aliphatic heterocycles. The second-order valence-corrected chi connectivity index (χ2v) is 6.44. The van der Waals surface area contributed by atoms with E-state index in [0.717, 1.165) is 18.7 Å². The van der Waals surface area contributed by atoms with E-state index in [-0.39, 0.29) is 11.3 Å². The van der Waals surface area contributed by atoms with Gasteiger partial charge in [-0.25, -0.2) is 0 Å². The fraction of sp³-hybridized carbons (Fsp3) is 0.562. The summed E-state index contributed by atoms with van der Waals surface area (Å²) in [7, 11) is 5.37. The highest BCUT2D eigenvalue weighted by Gasteiger charge is 2.29. The molecule has 1 aromatic rings. The van der Waals surface area contributed by atoms with Crippen molar-refractivity contribution in [1.29, 1.82) is 0 Å². The van der Waals surface area contributed by atoms with Gasteiger partial charge in [0.2, 0.25) is 5.91 Å². The van der Waals surface area contributed by atoms with Gasteiger partial charge in [-0.05, 0) is 43.6 Å². The van der Waals surface area contributed by atoms with E-state index in [9.17, 15) is 4.79 Å². The molecule has 0 unspecified atom stereocenters. The minimum Gasteiger partial charge on any atom is -0.495 e. The van der Waals surface area contributed by atoms with Gasteiger partial charge in [0, 0.05) is 12.2 Å². The summed E-state index contributed by atoms with van der Waals surface area (Å²) in [6.07, 6.45) is 1.08. The van der Waals surface area contributed by atoms with Gasteiger partial charge in [0.1, 0.15) is 5.75 Å². The maximum atomic E-state index is 12.0. The van der Waals surface area contributed by atoms with Gasteiger partial charge in [0.25, 0.3) is 0 Å². The van der Waals surface area contributed by atoms with Crippen LogP contribution in [0.25, 0.3) is 0 Å². The van der Waals surface area contributed by atoms with Crippen LogP contribution in [0.4, 0.5) is 11.4 Å². The molecule has 2 N–H and O–H groups in total. The van der Waals surface area contributed by atoms with Crippen molar-refractivity contribution in [2.75, 3.05) is 44.9 Å². The Labute approximate surface area is 126 Å². The fourth-order valence-corrected chi connectivity index (χ4v) is 2.67. The van der Waals surface area contributed by atoms with Crippen LogP contribution in [0.1, 0.15) is 25.8 Å². The molecule has 0 atom stereocenters. The quantitative estimate of drug-likeness (QED) is 0.893. The highest BCUT2D eigenvalue weighted by Crippen LogP contribution is 2.41. The third-order valence-corrected chi connectivity index (χ3v) is 3.87. The van der Waals surface area contributed by atoms with Crippen LogP contribution in [0, 0.1) is 0 Å². The van der Waals surface area contributed by atoms with Crippen molar-refractivity contribution >= 4 is 17.3 Å². The van der Waals surface area contributed by atoms with Gasteiger partial charge in [-0.15, -0.1) is 0 Å². The predicted molar refractivity (Wildman–Crippen MR) is 86.3 cm³/mol. The number of benzene rings is 1. The topological polar surface area (TPSA) is 53.6 Å². The summed E-state index contributed by atoms with van der Waals surface area (Å²) < 4.78 is 5.45. The molecule has 0 fully saturated rings. The molecule has 116 valence electrons. The monoisotopic (exact) mass is 291 g/mol. The van der Waals surface area contributed by atoms with E-state index in [2.05, 4.69) is 24.5 Å². The summed E-state index contributed by atoms with van der Waals surface area (Å²) in [6.45, 7) is 5.75. The van der Waals surface area contributed by atoms with Crippen LogP contribution >= 0.6 is 0 Å². The van der Waals surface area contributed by atoms with Crippen molar-refractivity contribution in [2.24, 2.45) is 0 Å². The molecule has 0 saturated heterocycles. The lowest BCUT2D eigenvalue weighted by Gasteiger charge is -2.34. The van der Waals surface area contributed by atoms with E-state index < -0.39 is 0 Å². The number of nitrogens with one attached hydrogen (secondary N) is 2. The molecule has 0 aliphatic carbocycles. The van der Waals surface area contributed by atoms with Crippen LogP contribution < -0.4 is 15.4 Å². The number of carbonyl (C=O) groups excluding carboxylic acids is 1. The molecular formula is C16H25N3O2. The largest absolute Gasteiger partial charge is 0.495 e. The first-order valence-corrected chi connectivity index (χ1v) is 7.24. The van der Waals surface area contributed by atoms with E-state index in [4.69, 9.17) is 4.74 Å². The predicted octanol–water partition coefficient (Wildman–Crippen LogP) is 2.29. The van der Waals surface area contributed by atoms with Crippen molar-refractivity contribution in [2.45, 2.75) is 25.7 Å². The number of hydrogen-bond donors (Lipinski definition) is 2. The zero-order chi connectivity index (χ0) is 15.6. The molecule has 1 heterocycles. The number of carbonyl (C=O) groups is 1. The Kier molecular flexibility index (Phi) is 4.42. The van der Waals surface area contributed by atoms with E-state index in [0.29, 0.717) is 18.0 Å². The molecule has 1 amide bonds. The van der Waals surface area contributed by atoms with Crippen molar-refractivity contribution in [1.82, 2.24) is 4.90 Å². The SMILES string of the molecule is COc1cc2c(cc1NC(=O)CN(C)C)NCCC2(C)C. The summed E-state index contributed by atoms with van der Waals surface area (Å²) in [6, 6.07) is 4.01. The summed E-state index contributed by atoms with van der Waals surface area (Å²) in [5.74, 6) is 0.658. The molecule has 0 spiro atoms. The molecule has 5 heteroatoms. The zero-order valence-corrected chi connectivity index (χ0v) is 13.5. The van der Waals surface area contributed by atoms with Crippen LogP contribution in [0.15, 0.2) is 12.1 Å². The standard InChI is InChI=1S/C16H25N3O2/c1-16(2)6-7-17-12-9-13(14(21-5)8-11(12)16)18-15(20)10-19(3)4/h8-9,17H,6-7,10H2,1-5H3,(H,18,20). The molecule has 1 aliphatic rings. The number of hydrogen-bond acceptors (Lipinski definition) is 4. The fourth-order valence-electron chi connectivity index (χ4n) is 2.67. The number of ether oxygens (including phenoxy) is 1. The number of likely N-dealkylation sites (N-methyl/N-ethyl adjacent to an activating group) is 1. The smallest absolute Gasteiger partial charge is 0.238 e. The number of nitrogens with zero attached hydrogens (tertiary/aromatic N) is 1. The van der Waals surface area contributed by atoms with Crippen LogP contribution in [-0.4, -0.2) is 45.1 Å². The maximum absolute atomic E-state index is 12.0. The Balaban J connectivity index is 2.33. The zero-order valence-electron chi connectivity index (χ0n) is 13.5. The Morgan fingerprint density at radius 1 is 1.43 bits per heavy atom.